The summed E-state index contributed by atoms with van der Waals surface area (Å²) >= 11 is 0. The molecule has 0 saturated carbocycles. The van der Waals surface area contributed by atoms with Gasteiger partial charge in [0.25, 0.3) is 0 Å². The van der Waals surface area contributed by atoms with E-state index >= 15 is 0 Å². The van der Waals surface area contributed by atoms with Gasteiger partial charge in [-0.1, -0.05) is 19.9 Å². The quantitative estimate of drug-likeness (QED) is 0.725. The topological polar surface area (TPSA) is 72.9 Å². The Morgan fingerprint density at radius 2 is 1.96 bits per heavy atom. The van der Waals surface area contributed by atoms with E-state index in [0.29, 0.717) is 12.2 Å². The van der Waals surface area contributed by atoms with Gasteiger partial charge in [-0.15, -0.1) is 0 Å². The molecule has 0 amide bonds. The molecule has 0 atom stereocenters. The molecule has 0 unspecified atom stereocenters. The van der Waals surface area contributed by atoms with Crippen molar-refractivity contribution in [3.8, 4) is 11.3 Å². The highest BCUT2D eigenvalue weighted by Gasteiger charge is 2.23. The van der Waals surface area contributed by atoms with Gasteiger partial charge in [0.2, 0.25) is 0 Å². The lowest BCUT2D eigenvalue weighted by Crippen LogP contribution is -2.27. The van der Waals surface area contributed by atoms with Gasteiger partial charge in [0, 0.05) is 30.1 Å². The SMILES string of the molecule is CC(C)C(=O)c1nn(CC(C)(C)O)c2cc(-c3ccn(C)n3)ccc12. The van der Waals surface area contributed by atoms with Gasteiger partial charge in [-0.25, -0.2) is 0 Å². The van der Waals surface area contributed by atoms with E-state index in [1.165, 1.54) is 0 Å². The largest absolute Gasteiger partial charge is 0.389 e. The van der Waals surface area contributed by atoms with Crippen LogP contribution >= 0.6 is 0 Å². The number of fused-ring (bicyclic) bond motifs is 1. The minimum atomic E-state index is -0.932. The van der Waals surface area contributed by atoms with Gasteiger partial charge < -0.3 is 5.11 Å². The van der Waals surface area contributed by atoms with Crippen LogP contribution in [0, 0.1) is 5.92 Å². The lowest BCUT2D eigenvalue weighted by molar-refractivity contribution is 0.0587. The lowest BCUT2D eigenvalue weighted by Gasteiger charge is -2.17. The van der Waals surface area contributed by atoms with Crippen molar-refractivity contribution < 1.29 is 9.90 Å². The summed E-state index contributed by atoms with van der Waals surface area (Å²) in [5.41, 5.74) is 2.17. The van der Waals surface area contributed by atoms with Gasteiger partial charge in [0.05, 0.1) is 23.4 Å². The third-order valence-electron chi connectivity index (χ3n) is 4.06. The molecule has 0 aliphatic carbocycles. The maximum absolute atomic E-state index is 12.5. The number of hydrogen-bond donors (Lipinski definition) is 1. The van der Waals surface area contributed by atoms with Gasteiger partial charge in [0.15, 0.2) is 5.78 Å². The number of hydrogen-bond acceptors (Lipinski definition) is 4. The standard InChI is InChI=1S/C19H24N4O2/c1-12(2)18(24)17-14-7-6-13(15-8-9-22(5)20-15)10-16(14)23(21-17)11-19(3,4)25/h6-10,12,25H,11H2,1-5H3. The van der Waals surface area contributed by atoms with Crippen LogP contribution in [0.3, 0.4) is 0 Å². The molecule has 3 rings (SSSR count). The maximum atomic E-state index is 12.5. The Balaban J connectivity index is 2.19. The van der Waals surface area contributed by atoms with Crippen molar-refractivity contribution in [2.75, 3.05) is 0 Å². The summed E-state index contributed by atoms with van der Waals surface area (Å²) in [4.78, 5) is 12.5. The zero-order chi connectivity index (χ0) is 18.4. The first kappa shape index (κ1) is 17.4. The van der Waals surface area contributed by atoms with Gasteiger partial charge in [-0.3, -0.25) is 14.2 Å². The Bertz CT molecular complexity index is 929. The van der Waals surface area contributed by atoms with Crippen LogP contribution in [0.25, 0.3) is 22.2 Å². The molecule has 132 valence electrons. The maximum Gasteiger partial charge on any atom is 0.186 e. The summed E-state index contributed by atoms with van der Waals surface area (Å²) in [5, 5.41) is 20.0. The number of carbonyl (C=O) groups excluding carboxylic acids is 1. The normalized spacial score (nSPS) is 12.3. The number of rotatable bonds is 5. The molecule has 0 fully saturated rings. The molecular weight excluding hydrogens is 316 g/mol. The molecule has 0 radical (unpaired) electrons. The fraction of sp³-hybridized carbons (Fsp3) is 0.421. The van der Waals surface area contributed by atoms with E-state index in [1.54, 1.807) is 23.2 Å². The Labute approximate surface area is 147 Å². The molecule has 25 heavy (non-hydrogen) atoms. The van der Waals surface area contributed by atoms with Crippen LogP contribution in [-0.2, 0) is 13.6 Å². The van der Waals surface area contributed by atoms with Crippen molar-refractivity contribution in [1.82, 2.24) is 19.6 Å². The molecule has 0 spiro atoms. The number of nitrogens with zero attached hydrogens (tertiary/aromatic N) is 4. The van der Waals surface area contributed by atoms with E-state index in [1.807, 2.05) is 51.4 Å². The summed E-state index contributed by atoms with van der Waals surface area (Å²) in [6.45, 7) is 7.50. The summed E-state index contributed by atoms with van der Waals surface area (Å²) < 4.78 is 3.47. The second-order valence-electron chi connectivity index (χ2n) is 7.44. The van der Waals surface area contributed by atoms with E-state index in [2.05, 4.69) is 10.2 Å². The molecule has 0 bridgehead atoms. The number of aryl methyl sites for hydroxylation is 1. The van der Waals surface area contributed by atoms with Crippen molar-refractivity contribution in [3.05, 3.63) is 36.2 Å². The summed E-state index contributed by atoms with van der Waals surface area (Å²) in [5.74, 6) is -0.130. The number of aromatic nitrogens is 4. The highest BCUT2D eigenvalue weighted by molar-refractivity contribution is 6.07. The van der Waals surface area contributed by atoms with Gasteiger partial charge >= 0.3 is 0 Å². The van der Waals surface area contributed by atoms with E-state index in [9.17, 15) is 9.90 Å². The minimum absolute atomic E-state index is 0.00471. The van der Waals surface area contributed by atoms with Crippen molar-refractivity contribution in [1.29, 1.82) is 0 Å². The predicted molar refractivity (Wildman–Crippen MR) is 97.4 cm³/mol. The number of carbonyl (C=O) groups is 1. The van der Waals surface area contributed by atoms with Crippen LogP contribution in [0.15, 0.2) is 30.5 Å². The zero-order valence-corrected chi connectivity index (χ0v) is 15.3. The average Bonchev–Trinajstić information content (AvgIpc) is 3.09. The first-order valence-electron chi connectivity index (χ1n) is 8.43. The number of Topliss-reactive ketones (excluding diaryl/α,β-unsaturated/α-hetero) is 1. The lowest BCUT2D eigenvalue weighted by atomic mass is 10.0. The van der Waals surface area contributed by atoms with Gasteiger partial charge in [0.1, 0.15) is 5.69 Å². The second-order valence-corrected chi connectivity index (χ2v) is 7.44. The van der Waals surface area contributed by atoms with Crippen LogP contribution < -0.4 is 0 Å². The first-order valence-corrected chi connectivity index (χ1v) is 8.43. The molecule has 2 heterocycles. The smallest absolute Gasteiger partial charge is 0.186 e. The van der Waals surface area contributed by atoms with E-state index in [0.717, 1.165) is 22.2 Å². The second kappa shape index (κ2) is 6.11. The Morgan fingerprint density at radius 1 is 1.24 bits per heavy atom. The Hall–Kier alpha value is -2.47. The van der Waals surface area contributed by atoms with Gasteiger partial charge in [-0.05, 0) is 32.0 Å². The van der Waals surface area contributed by atoms with E-state index in [4.69, 9.17) is 0 Å². The van der Waals surface area contributed by atoms with Crippen LogP contribution in [-0.4, -0.2) is 36.1 Å². The molecular formula is C19H24N4O2. The molecule has 0 aliphatic rings. The Kier molecular flexibility index (Phi) is 4.24. The van der Waals surface area contributed by atoms with Crippen LogP contribution in [0.4, 0.5) is 0 Å². The highest BCUT2D eigenvalue weighted by Crippen LogP contribution is 2.27. The molecule has 6 nitrogen and oxygen atoms in total. The minimum Gasteiger partial charge on any atom is -0.389 e. The molecule has 0 saturated heterocycles. The number of ketones is 1. The molecule has 6 heteroatoms. The molecule has 2 aromatic heterocycles. The van der Waals surface area contributed by atoms with Gasteiger partial charge in [-0.2, -0.15) is 10.2 Å². The zero-order valence-electron chi connectivity index (χ0n) is 15.3. The summed E-state index contributed by atoms with van der Waals surface area (Å²) in [7, 11) is 1.87. The van der Waals surface area contributed by atoms with Crippen molar-refractivity contribution in [2.45, 2.75) is 39.8 Å². The van der Waals surface area contributed by atoms with Crippen molar-refractivity contribution in [2.24, 2.45) is 13.0 Å². The number of benzene rings is 1. The predicted octanol–water partition coefficient (Wildman–Crippen LogP) is 3.05. The summed E-state index contributed by atoms with van der Waals surface area (Å²) in [6, 6.07) is 7.80. The van der Waals surface area contributed by atoms with Crippen molar-refractivity contribution in [3.63, 3.8) is 0 Å². The van der Waals surface area contributed by atoms with Crippen LogP contribution in [0.5, 0.6) is 0 Å². The first-order chi connectivity index (χ1) is 11.7. The van der Waals surface area contributed by atoms with Crippen LogP contribution in [0.2, 0.25) is 0 Å². The summed E-state index contributed by atoms with van der Waals surface area (Å²) in [6.07, 6.45) is 1.89. The molecule has 1 aromatic carbocycles. The highest BCUT2D eigenvalue weighted by atomic mass is 16.3. The molecule has 0 aliphatic heterocycles. The average molecular weight is 340 g/mol. The fourth-order valence-electron chi connectivity index (χ4n) is 2.84. The monoisotopic (exact) mass is 340 g/mol. The van der Waals surface area contributed by atoms with Crippen LogP contribution in [0.1, 0.15) is 38.2 Å². The van der Waals surface area contributed by atoms with E-state index in [-0.39, 0.29) is 11.7 Å². The fourth-order valence-corrected chi connectivity index (χ4v) is 2.84. The van der Waals surface area contributed by atoms with E-state index < -0.39 is 5.60 Å². The molecule has 1 N–H and O–H groups in total. The number of aliphatic hydroxyl groups is 1. The Morgan fingerprint density at radius 3 is 2.52 bits per heavy atom. The third-order valence-corrected chi connectivity index (χ3v) is 4.06. The molecule has 3 aromatic rings. The third kappa shape index (κ3) is 3.49. The van der Waals surface area contributed by atoms with Crippen molar-refractivity contribution >= 4 is 16.7 Å².